The first-order valence-electron chi connectivity index (χ1n) is 5.39. The molecule has 2 aromatic heterocycles. The predicted molar refractivity (Wildman–Crippen MR) is 65.7 cm³/mol. The maximum absolute atomic E-state index is 11.6. The molecule has 0 saturated heterocycles. The molecule has 2 aromatic rings. The van der Waals surface area contributed by atoms with Gasteiger partial charge in [0.1, 0.15) is 0 Å². The Labute approximate surface area is 103 Å². The Balaban J connectivity index is 2.07. The first-order chi connectivity index (χ1) is 8.20. The summed E-state index contributed by atoms with van der Waals surface area (Å²) in [6, 6.07) is 3.59. The van der Waals surface area contributed by atoms with Gasteiger partial charge in [-0.3, -0.25) is 4.79 Å². The second kappa shape index (κ2) is 5.09. The predicted octanol–water partition coefficient (Wildman–Crippen LogP) is 2.78. The zero-order valence-corrected chi connectivity index (χ0v) is 10.5. The summed E-state index contributed by atoms with van der Waals surface area (Å²) in [5.41, 5.74) is 0. The van der Waals surface area contributed by atoms with Crippen LogP contribution in [0.15, 0.2) is 22.8 Å². The average molecular weight is 251 g/mol. The average Bonchev–Trinajstić information content (AvgIpc) is 2.97. The van der Waals surface area contributed by atoms with Crippen LogP contribution < -0.4 is 5.32 Å². The smallest absolute Gasteiger partial charge is 0.229 e. The lowest BCUT2D eigenvalue weighted by Gasteiger charge is -2.05. The molecule has 5 nitrogen and oxygen atoms in total. The first-order valence-corrected chi connectivity index (χ1v) is 6.20. The normalized spacial score (nSPS) is 12.4. The van der Waals surface area contributed by atoms with Gasteiger partial charge in [0.15, 0.2) is 10.8 Å². The minimum atomic E-state index is -0.0327. The molecule has 0 bridgehead atoms. The van der Waals surface area contributed by atoms with E-state index in [-0.39, 0.29) is 11.8 Å². The molecule has 0 aliphatic heterocycles. The topological polar surface area (TPSA) is 68.0 Å². The van der Waals surface area contributed by atoms with E-state index in [1.165, 1.54) is 11.3 Å². The number of carbonyl (C=O) groups is 1. The van der Waals surface area contributed by atoms with Gasteiger partial charge in [-0.25, -0.2) is 0 Å². The first kappa shape index (κ1) is 11.8. The van der Waals surface area contributed by atoms with Gasteiger partial charge in [-0.05, 0) is 18.6 Å². The highest BCUT2D eigenvalue weighted by atomic mass is 32.1. The standard InChI is InChI=1S/C11H13N3O2S/c1-3-7(2)9(15)12-11-14-13-10(17-11)8-5-4-6-16-8/h4-7H,3H2,1-2H3,(H,12,14,15). The lowest BCUT2D eigenvalue weighted by atomic mass is 10.1. The van der Waals surface area contributed by atoms with Crippen LogP contribution in [-0.4, -0.2) is 16.1 Å². The molecule has 2 rings (SSSR count). The summed E-state index contributed by atoms with van der Waals surface area (Å²) >= 11 is 1.30. The fraction of sp³-hybridized carbons (Fsp3) is 0.364. The van der Waals surface area contributed by atoms with Gasteiger partial charge in [0.05, 0.1) is 6.26 Å². The second-order valence-electron chi connectivity index (χ2n) is 3.69. The van der Waals surface area contributed by atoms with Crippen molar-refractivity contribution in [2.75, 3.05) is 5.32 Å². The van der Waals surface area contributed by atoms with Gasteiger partial charge >= 0.3 is 0 Å². The summed E-state index contributed by atoms with van der Waals surface area (Å²) < 4.78 is 5.20. The van der Waals surface area contributed by atoms with E-state index in [0.29, 0.717) is 15.9 Å². The molecule has 2 heterocycles. The van der Waals surface area contributed by atoms with E-state index in [1.807, 2.05) is 13.8 Å². The highest BCUT2D eigenvalue weighted by Gasteiger charge is 2.14. The maximum Gasteiger partial charge on any atom is 0.229 e. The second-order valence-corrected chi connectivity index (χ2v) is 4.67. The summed E-state index contributed by atoms with van der Waals surface area (Å²) in [5.74, 6) is 0.604. The fourth-order valence-electron chi connectivity index (χ4n) is 1.19. The van der Waals surface area contributed by atoms with Crippen molar-refractivity contribution in [2.45, 2.75) is 20.3 Å². The van der Waals surface area contributed by atoms with Crippen molar-refractivity contribution in [2.24, 2.45) is 5.92 Å². The van der Waals surface area contributed by atoms with Crippen molar-refractivity contribution in [3.63, 3.8) is 0 Å². The van der Waals surface area contributed by atoms with E-state index in [1.54, 1.807) is 18.4 Å². The van der Waals surface area contributed by atoms with E-state index < -0.39 is 0 Å². The van der Waals surface area contributed by atoms with Gasteiger partial charge in [0.2, 0.25) is 11.0 Å². The van der Waals surface area contributed by atoms with Crippen molar-refractivity contribution in [3.05, 3.63) is 18.4 Å². The van der Waals surface area contributed by atoms with Crippen LogP contribution in [-0.2, 0) is 4.79 Å². The monoisotopic (exact) mass is 251 g/mol. The van der Waals surface area contributed by atoms with Crippen LogP contribution in [0.5, 0.6) is 0 Å². The number of furan rings is 1. The Bertz CT molecular complexity index is 493. The highest BCUT2D eigenvalue weighted by molar-refractivity contribution is 7.18. The molecule has 90 valence electrons. The summed E-state index contributed by atoms with van der Waals surface area (Å²) in [6.45, 7) is 3.85. The van der Waals surface area contributed by atoms with Gasteiger partial charge in [-0.2, -0.15) is 0 Å². The number of hydrogen-bond acceptors (Lipinski definition) is 5. The SMILES string of the molecule is CCC(C)C(=O)Nc1nnc(-c2ccco2)s1. The fourth-order valence-corrected chi connectivity index (χ4v) is 1.90. The van der Waals surface area contributed by atoms with E-state index in [0.717, 1.165) is 6.42 Å². The van der Waals surface area contributed by atoms with E-state index in [2.05, 4.69) is 15.5 Å². The van der Waals surface area contributed by atoms with E-state index in [9.17, 15) is 4.79 Å². The molecule has 0 aromatic carbocycles. The van der Waals surface area contributed by atoms with Crippen LogP contribution in [0.25, 0.3) is 10.8 Å². The summed E-state index contributed by atoms with van der Waals surface area (Å²) in [5, 5.41) is 11.8. The molecule has 0 fully saturated rings. The summed E-state index contributed by atoms with van der Waals surface area (Å²) in [6.07, 6.45) is 2.38. The largest absolute Gasteiger partial charge is 0.462 e. The summed E-state index contributed by atoms with van der Waals surface area (Å²) in [4.78, 5) is 11.6. The molecule has 0 aliphatic rings. The summed E-state index contributed by atoms with van der Waals surface area (Å²) in [7, 11) is 0. The highest BCUT2D eigenvalue weighted by Crippen LogP contribution is 2.26. The Morgan fingerprint density at radius 3 is 3.06 bits per heavy atom. The van der Waals surface area contributed by atoms with Gasteiger partial charge < -0.3 is 9.73 Å². The van der Waals surface area contributed by atoms with Crippen molar-refractivity contribution < 1.29 is 9.21 Å². The minimum absolute atomic E-state index is 0.0223. The lowest BCUT2D eigenvalue weighted by Crippen LogP contribution is -2.19. The zero-order chi connectivity index (χ0) is 12.3. The molecule has 1 amide bonds. The van der Waals surface area contributed by atoms with Gasteiger partial charge in [-0.1, -0.05) is 25.2 Å². The molecule has 0 spiro atoms. The molecule has 1 unspecified atom stereocenters. The molecule has 0 radical (unpaired) electrons. The van der Waals surface area contributed by atoms with Crippen molar-refractivity contribution in [3.8, 4) is 10.8 Å². The van der Waals surface area contributed by atoms with E-state index >= 15 is 0 Å². The molecule has 1 N–H and O–H groups in total. The van der Waals surface area contributed by atoms with Crippen molar-refractivity contribution in [1.29, 1.82) is 0 Å². The number of hydrogen-bond donors (Lipinski definition) is 1. The number of anilines is 1. The van der Waals surface area contributed by atoms with Crippen LogP contribution >= 0.6 is 11.3 Å². The maximum atomic E-state index is 11.6. The van der Waals surface area contributed by atoms with Crippen LogP contribution in [0.4, 0.5) is 5.13 Å². The molecular formula is C11H13N3O2S. The van der Waals surface area contributed by atoms with Crippen molar-refractivity contribution >= 4 is 22.4 Å². The number of nitrogens with zero attached hydrogens (tertiary/aromatic N) is 2. The van der Waals surface area contributed by atoms with Crippen LogP contribution in [0.2, 0.25) is 0 Å². The third-order valence-electron chi connectivity index (χ3n) is 2.45. The van der Waals surface area contributed by atoms with Crippen molar-refractivity contribution in [1.82, 2.24) is 10.2 Å². The third kappa shape index (κ3) is 2.71. The number of aromatic nitrogens is 2. The van der Waals surface area contributed by atoms with Gasteiger partial charge in [-0.15, -0.1) is 10.2 Å². The Morgan fingerprint density at radius 1 is 1.59 bits per heavy atom. The molecule has 0 saturated carbocycles. The van der Waals surface area contributed by atoms with E-state index in [4.69, 9.17) is 4.42 Å². The molecule has 1 atom stereocenters. The number of carbonyl (C=O) groups excluding carboxylic acids is 1. The van der Waals surface area contributed by atoms with Gasteiger partial charge in [0, 0.05) is 5.92 Å². The van der Waals surface area contributed by atoms with Crippen LogP contribution in [0.3, 0.4) is 0 Å². The number of nitrogens with one attached hydrogen (secondary N) is 1. The molecule has 0 aliphatic carbocycles. The molecular weight excluding hydrogens is 238 g/mol. The minimum Gasteiger partial charge on any atom is -0.462 e. The Hall–Kier alpha value is -1.69. The Morgan fingerprint density at radius 2 is 2.41 bits per heavy atom. The van der Waals surface area contributed by atoms with Gasteiger partial charge in [0.25, 0.3) is 0 Å². The Kier molecular flexibility index (Phi) is 3.53. The zero-order valence-electron chi connectivity index (χ0n) is 9.64. The van der Waals surface area contributed by atoms with Crippen LogP contribution in [0.1, 0.15) is 20.3 Å². The lowest BCUT2D eigenvalue weighted by molar-refractivity contribution is -0.119. The molecule has 17 heavy (non-hydrogen) atoms. The van der Waals surface area contributed by atoms with Crippen LogP contribution in [0, 0.1) is 5.92 Å². The number of rotatable bonds is 4. The third-order valence-corrected chi connectivity index (χ3v) is 3.30. The number of amides is 1. The quantitative estimate of drug-likeness (QED) is 0.907. The molecule has 6 heteroatoms.